The summed E-state index contributed by atoms with van der Waals surface area (Å²) in [5.41, 5.74) is -0.694. The lowest BCUT2D eigenvalue weighted by Gasteiger charge is -2.37. The average Bonchev–Trinajstić information content (AvgIpc) is 3.62. The van der Waals surface area contributed by atoms with Crippen molar-refractivity contribution in [3.05, 3.63) is 58.6 Å². The van der Waals surface area contributed by atoms with Crippen LogP contribution in [0, 0.1) is 11.8 Å². The zero-order valence-electron chi connectivity index (χ0n) is 25.7. The number of hydrogen-bond acceptors (Lipinski definition) is 7. The number of esters is 1. The summed E-state index contributed by atoms with van der Waals surface area (Å²) in [6.07, 6.45) is 6.28. The highest BCUT2D eigenvalue weighted by atomic mass is 79.9. The molecule has 1 aromatic rings. The van der Waals surface area contributed by atoms with Crippen molar-refractivity contribution < 1.29 is 33.8 Å². The first kappa shape index (κ1) is 32.4. The minimum Gasteiger partial charge on any atom is -0.455 e. The number of likely N-dealkylation sites (N-methyl/N-ethyl adjacent to an activating group) is 1. The van der Waals surface area contributed by atoms with Crippen LogP contribution in [0.1, 0.15) is 58.1 Å². The van der Waals surface area contributed by atoms with Crippen LogP contribution in [-0.4, -0.2) is 100 Å². The molecule has 2 saturated heterocycles. The number of benzene rings is 1. The first-order valence-corrected chi connectivity index (χ1v) is 16.3. The molecule has 8 atom stereocenters. The number of amides is 3. The summed E-state index contributed by atoms with van der Waals surface area (Å²) in [5.74, 6) is -3.52. The van der Waals surface area contributed by atoms with Crippen LogP contribution in [-0.2, 0) is 28.7 Å². The first-order valence-electron chi connectivity index (χ1n) is 15.5. The second kappa shape index (κ2) is 13.1. The minimum atomic E-state index is -1.41. The van der Waals surface area contributed by atoms with E-state index in [1.165, 1.54) is 4.90 Å². The van der Waals surface area contributed by atoms with Crippen LogP contribution < -0.4 is 0 Å². The van der Waals surface area contributed by atoms with Gasteiger partial charge in [0, 0.05) is 31.0 Å². The van der Waals surface area contributed by atoms with Crippen LogP contribution in [0.3, 0.4) is 0 Å². The molecule has 0 aliphatic carbocycles. The standard InChI is InChI=1S/C33H42BrN3O7/c1-5-6-16-36-17-12-8-11-15-24(39)35(4)21(3)27(22-13-9-7-10-14-22)43-32(42)25-26-30(40)37(20(2)19-38)29(31(36)41)33(26)18-23(34)28(25)44-33/h7-10,12-14,18,20-21,25-29,38H,5-6,11,15-17,19H2,1-4H3/b12-8-/t20-,21+,25-,26+,27-,28-,29-,33+/m1/s1. The number of carbonyl (C=O) groups is 4. The summed E-state index contributed by atoms with van der Waals surface area (Å²) in [4.78, 5) is 61.0. The molecule has 1 N–H and O–H groups in total. The Morgan fingerprint density at radius 1 is 1.09 bits per heavy atom. The molecule has 4 aliphatic heterocycles. The van der Waals surface area contributed by atoms with Crippen molar-refractivity contribution in [3.63, 3.8) is 0 Å². The van der Waals surface area contributed by atoms with Gasteiger partial charge in [0.2, 0.25) is 17.7 Å². The minimum absolute atomic E-state index is 0.0990. The lowest BCUT2D eigenvalue weighted by Crippen LogP contribution is -2.58. The number of aliphatic hydroxyl groups is 1. The molecule has 4 heterocycles. The number of likely N-dealkylation sites (tertiary alicyclic amines) is 1. The first-order chi connectivity index (χ1) is 21.1. The van der Waals surface area contributed by atoms with Crippen molar-refractivity contribution in [1.29, 1.82) is 0 Å². The van der Waals surface area contributed by atoms with Gasteiger partial charge >= 0.3 is 5.97 Å². The molecule has 10 nitrogen and oxygen atoms in total. The third-order valence-electron chi connectivity index (χ3n) is 9.53. The predicted octanol–water partition coefficient (Wildman–Crippen LogP) is 3.35. The Hall–Kier alpha value is -3.02. The van der Waals surface area contributed by atoms with Crippen LogP contribution in [0.5, 0.6) is 0 Å². The number of fused-ring (bicyclic) bond motifs is 2. The van der Waals surface area contributed by atoms with Crippen molar-refractivity contribution in [2.24, 2.45) is 11.8 Å². The summed E-state index contributed by atoms with van der Waals surface area (Å²) < 4.78 is 13.4. The van der Waals surface area contributed by atoms with Gasteiger partial charge in [-0.1, -0.05) is 71.8 Å². The fraction of sp³-hybridized carbons (Fsp3) is 0.576. The highest BCUT2D eigenvalue weighted by Crippen LogP contribution is 2.59. The molecule has 2 fully saturated rings. The number of aliphatic hydroxyl groups excluding tert-OH is 1. The summed E-state index contributed by atoms with van der Waals surface area (Å²) >= 11 is 3.58. The maximum atomic E-state index is 14.5. The number of ether oxygens (including phenoxy) is 2. The van der Waals surface area contributed by atoms with Gasteiger partial charge in [-0.05, 0) is 38.3 Å². The van der Waals surface area contributed by atoms with Crippen LogP contribution in [0.4, 0.5) is 0 Å². The Labute approximate surface area is 267 Å². The molecule has 3 amide bonds. The van der Waals surface area contributed by atoms with E-state index >= 15 is 0 Å². The van der Waals surface area contributed by atoms with E-state index in [-0.39, 0.29) is 24.8 Å². The smallest absolute Gasteiger partial charge is 0.313 e. The predicted molar refractivity (Wildman–Crippen MR) is 166 cm³/mol. The van der Waals surface area contributed by atoms with Gasteiger partial charge < -0.3 is 29.3 Å². The highest BCUT2D eigenvalue weighted by molar-refractivity contribution is 9.11. The Balaban J connectivity index is 1.62. The fourth-order valence-corrected chi connectivity index (χ4v) is 7.74. The molecule has 0 radical (unpaired) electrons. The van der Waals surface area contributed by atoms with Gasteiger partial charge in [0.25, 0.3) is 0 Å². The molecule has 11 heteroatoms. The normalized spacial score (nSPS) is 34.2. The number of unbranched alkanes of at least 4 members (excludes halogenated alkanes) is 1. The largest absolute Gasteiger partial charge is 0.455 e. The second-order valence-electron chi connectivity index (χ2n) is 12.3. The van der Waals surface area contributed by atoms with E-state index in [4.69, 9.17) is 9.47 Å². The van der Waals surface area contributed by atoms with E-state index in [0.717, 1.165) is 12.8 Å². The van der Waals surface area contributed by atoms with Crippen LogP contribution in [0.25, 0.3) is 0 Å². The molecule has 0 aromatic heterocycles. The van der Waals surface area contributed by atoms with Crippen LogP contribution in [0.15, 0.2) is 53.0 Å². The van der Waals surface area contributed by atoms with Crippen molar-refractivity contribution in [1.82, 2.24) is 14.7 Å². The van der Waals surface area contributed by atoms with Crippen molar-refractivity contribution in [2.75, 3.05) is 26.7 Å². The van der Waals surface area contributed by atoms with Gasteiger partial charge in [-0.3, -0.25) is 19.2 Å². The maximum absolute atomic E-state index is 14.5. The SMILES string of the molecule is CCCCN1C/C=C\CCC(=O)N(C)[C@@H](C)[C@H](c2ccccc2)OC(=O)[C@H]2[C@@H]3O[C@@]4(C=C3Br)[C@@H]2C(=O)N([C@H](C)CO)[C@@H]4C1=O. The van der Waals surface area contributed by atoms with Crippen molar-refractivity contribution in [2.45, 2.75) is 82.4 Å². The second-order valence-corrected chi connectivity index (χ2v) is 13.2. The molecular weight excluding hydrogens is 630 g/mol. The zero-order chi connectivity index (χ0) is 31.8. The van der Waals surface area contributed by atoms with E-state index in [1.807, 2.05) is 56.3 Å². The summed E-state index contributed by atoms with van der Waals surface area (Å²) in [5, 5.41) is 10.2. The Bertz CT molecular complexity index is 1340. The fourth-order valence-electron chi connectivity index (χ4n) is 7.01. The van der Waals surface area contributed by atoms with Gasteiger partial charge in [-0.25, -0.2) is 0 Å². The molecule has 5 rings (SSSR count). The number of cyclic esters (lactones) is 1. The van der Waals surface area contributed by atoms with Crippen LogP contribution in [0.2, 0.25) is 0 Å². The number of hydrogen-bond donors (Lipinski definition) is 1. The summed E-state index contributed by atoms with van der Waals surface area (Å²) in [6, 6.07) is 6.97. The quantitative estimate of drug-likeness (QED) is 0.364. The van der Waals surface area contributed by atoms with Crippen molar-refractivity contribution in [3.8, 4) is 0 Å². The van der Waals surface area contributed by atoms with E-state index in [2.05, 4.69) is 15.9 Å². The van der Waals surface area contributed by atoms with E-state index < -0.39 is 59.6 Å². The van der Waals surface area contributed by atoms with E-state index in [9.17, 15) is 24.3 Å². The van der Waals surface area contributed by atoms with Gasteiger partial charge in [-0.2, -0.15) is 0 Å². The molecule has 5 bridgehead atoms. The molecule has 238 valence electrons. The number of allylic oxidation sites excluding steroid dienone is 1. The summed E-state index contributed by atoms with van der Waals surface area (Å²) in [6.45, 7) is 5.97. The molecular formula is C33H42BrN3O7. The van der Waals surface area contributed by atoms with Gasteiger partial charge in [0.15, 0.2) is 0 Å². The van der Waals surface area contributed by atoms with Gasteiger partial charge in [0.1, 0.15) is 29.8 Å². The Morgan fingerprint density at radius 3 is 2.50 bits per heavy atom. The topological polar surface area (TPSA) is 117 Å². The zero-order valence-corrected chi connectivity index (χ0v) is 27.3. The molecule has 0 saturated carbocycles. The Morgan fingerprint density at radius 2 is 1.82 bits per heavy atom. The molecule has 1 aromatic carbocycles. The average molecular weight is 673 g/mol. The number of halogens is 1. The molecule has 1 spiro atoms. The number of carbonyl (C=O) groups excluding carboxylic acids is 4. The molecule has 44 heavy (non-hydrogen) atoms. The lowest BCUT2D eigenvalue weighted by molar-refractivity contribution is -0.164. The molecule has 0 unspecified atom stereocenters. The maximum Gasteiger partial charge on any atom is 0.313 e. The van der Waals surface area contributed by atoms with E-state index in [1.54, 1.807) is 29.8 Å². The monoisotopic (exact) mass is 671 g/mol. The summed E-state index contributed by atoms with van der Waals surface area (Å²) in [7, 11) is 1.70. The highest BCUT2D eigenvalue weighted by Gasteiger charge is 2.75. The Kier molecular flexibility index (Phi) is 9.67. The number of rotatable bonds is 6. The molecule has 4 aliphatic rings. The third kappa shape index (κ3) is 5.51. The van der Waals surface area contributed by atoms with E-state index in [0.29, 0.717) is 29.6 Å². The lowest BCUT2D eigenvalue weighted by atomic mass is 9.74. The third-order valence-corrected chi connectivity index (χ3v) is 10.2. The van der Waals surface area contributed by atoms with Crippen LogP contribution >= 0.6 is 15.9 Å². The van der Waals surface area contributed by atoms with Gasteiger partial charge in [0.05, 0.1) is 24.6 Å². The van der Waals surface area contributed by atoms with Gasteiger partial charge in [-0.15, -0.1) is 0 Å². The number of nitrogens with zero attached hydrogens (tertiary/aromatic N) is 3. The van der Waals surface area contributed by atoms with Crippen molar-refractivity contribution >= 4 is 39.6 Å².